The van der Waals surface area contributed by atoms with Crippen molar-refractivity contribution in [2.24, 2.45) is 0 Å². The van der Waals surface area contributed by atoms with Gasteiger partial charge in [-0.3, -0.25) is 0 Å². The zero-order valence-corrected chi connectivity index (χ0v) is 9.19. The van der Waals surface area contributed by atoms with Gasteiger partial charge in [0.1, 0.15) is 0 Å². The van der Waals surface area contributed by atoms with Crippen molar-refractivity contribution in [3.8, 4) is 11.5 Å². The average Bonchev–Trinajstić information content (AvgIpc) is 2.25. The summed E-state index contributed by atoms with van der Waals surface area (Å²) in [6.45, 7) is 0. The fourth-order valence-electron chi connectivity index (χ4n) is 1.21. The molecule has 4 nitrogen and oxygen atoms in total. The van der Waals surface area contributed by atoms with Crippen molar-refractivity contribution in [1.29, 1.82) is 0 Å². The second kappa shape index (κ2) is 5.44. The maximum absolute atomic E-state index is 12.2. The minimum atomic E-state index is -4.89. The molecule has 0 spiro atoms. The lowest BCUT2D eigenvalue weighted by Crippen LogP contribution is -2.18. The Morgan fingerprint density at radius 2 is 2.06 bits per heavy atom. The molecule has 0 bridgehead atoms. The van der Waals surface area contributed by atoms with Crippen LogP contribution in [0.1, 0.15) is 5.56 Å². The standard InChI is InChI=1S/C11H9F3O4/c1-17-8-4-2-3-7(5-6-9(15)16)10(8)18-11(12,13)14/h2-6H,1H3,(H,15,16)/b6-5+. The van der Waals surface area contributed by atoms with Crippen LogP contribution in [0.3, 0.4) is 0 Å². The van der Waals surface area contributed by atoms with E-state index in [0.29, 0.717) is 6.08 Å². The number of ether oxygens (including phenoxy) is 2. The Morgan fingerprint density at radius 1 is 1.39 bits per heavy atom. The third-order valence-electron chi connectivity index (χ3n) is 1.85. The summed E-state index contributed by atoms with van der Waals surface area (Å²) < 4.78 is 45.2. The van der Waals surface area contributed by atoms with E-state index >= 15 is 0 Å². The summed E-state index contributed by atoms with van der Waals surface area (Å²) in [5, 5.41) is 8.44. The molecule has 1 aromatic rings. The fraction of sp³-hybridized carbons (Fsp3) is 0.182. The number of carbonyl (C=O) groups is 1. The van der Waals surface area contributed by atoms with Gasteiger partial charge in [0.05, 0.1) is 7.11 Å². The maximum atomic E-state index is 12.2. The lowest BCUT2D eigenvalue weighted by Gasteiger charge is -2.14. The lowest BCUT2D eigenvalue weighted by molar-refractivity contribution is -0.275. The van der Waals surface area contributed by atoms with Crippen molar-refractivity contribution in [2.75, 3.05) is 7.11 Å². The Labute approximate surface area is 100 Å². The number of halogens is 3. The Hall–Kier alpha value is -2.18. The van der Waals surface area contributed by atoms with Gasteiger partial charge in [-0.05, 0) is 12.1 Å². The van der Waals surface area contributed by atoms with Crippen molar-refractivity contribution < 1.29 is 32.5 Å². The molecule has 98 valence electrons. The number of carboxylic acid groups (broad SMARTS) is 1. The molecule has 18 heavy (non-hydrogen) atoms. The quantitative estimate of drug-likeness (QED) is 0.847. The van der Waals surface area contributed by atoms with E-state index in [9.17, 15) is 18.0 Å². The molecule has 0 saturated heterocycles. The molecule has 0 unspecified atom stereocenters. The third-order valence-corrected chi connectivity index (χ3v) is 1.85. The van der Waals surface area contributed by atoms with Crippen LogP contribution in [0.25, 0.3) is 6.08 Å². The Balaban J connectivity index is 3.20. The summed E-state index contributed by atoms with van der Waals surface area (Å²) in [6.07, 6.45) is -3.19. The van der Waals surface area contributed by atoms with Crippen LogP contribution >= 0.6 is 0 Å². The minimum Gasteiger partial charge on any atom is -0.493 e. The van der Waals surface area contributed by atoms with Crippen LogP contribution in [-0.4, -0.2) is 24.5 Å². The summed E-state index contributed by atoms with van der Waals surface area (Å²) in [5.41, 5.74) is -0.0472. The summed E-state index contributed by atoms with van der Waals surface area (Å²) in [6, 6.07) is 3.98. The fourth-order valence-corrected chi connectivity index (χ4v) is 1.21. The van der Waals surface area contributed by atoms with E-state index in [1.165, 1.54) is 25.3 Å². The van der Waals surface area contributed by atoms with Gasteiger partial charge in [0, 0.05) is 11.6 Å². The van der Waals surface area contributed by atoms with Crippen molar-refractivity contribution in [3.05, 3.63) is 29.8 Å². The number of aliphatic carboxylic acids is 1. The lowest BCUT2D eigenvalue weighted by atomic mass is 10.1. The summed E-state index contributed by atoms with van der Waals surface area (Å²) in [7, 11) is 1.18. The normalized spacial score (nSPS) is 11.6. The molecular weight excluding hydrogens is 253 g/mol. The van der Waals surface area contributed by atoms with Gasteiger partial charge in [-0.2, -0.15) is 0 Å². The second-order valence-electron chi connectivity index (χ2n) is 3.10. The van der Waals surface area contributed by atoms with Gasteiger partial charge < -0.3 is 14.6 Å². The van der Waals surface area contributed by atoms with Gasteiger partial charge in [0.25, 0.3) is 0 Å². The van der Waals surface area contributed by atoms with E-state index in [-0.39, 0.29) is 11.3 Å². The molecule has 0 amide bonds. The minimum absolute atomic E-state index is 0.0472. The van der Waals surface area contributed by atoms with Crippen LogP contribution in [0.2, 0.25) is 0 Å². The highest BCUT2D eigenvalue weighted by Crippen LogP contribution is 2.36. The molecule has 0 aliphatic carbocycles. The predicted molar refractivity (Wildman–Crippen MR) is 56.3 cm³/mol. The number of methoxy groups -OCH3 is 1. The second-order valence-corrected chi connectivity index (χ2v) is 3.10. The van der Waals surface area contributed by atoms with Crippen LogP contribution in [0.15, 0.2) is 24.3 Å². The number of para-hydroxylation sites is 1. The van der Waals surface area contributed by atoms with Crippen LogP contribution in [0, 0.1) is 0 Å². The highest BCUT2D eigenvalue weighted by atomic mass is 19.4. The Morgan fingerprint density at radius 3 is 2.56 bits per heavy atom. The van der Waals surface area contributed by atoms with E-state index in [0.717, 1.165) is 6.08 Å². The van der Waals surface area contributed by atoms with Crippen molar-refractivity contribution in [3.63, 3.8) is 0 Å². The van der Waals surface area contributed by atoms with Gasteiger partial charge in [-0.15, -0.1) is 13.2 Å². The van der Waals surface area contributed by atoms with Crippen LogP contribution in [-0.2, 0) is 4.79 Å². The SMILES string of the molecule is COc1cccc(/C=C/C(=O)O)c1OC(F)(F)F. The Kier molecular flexibility index (Phi) is 4.19. The van der Waals surface area contributed by atoms with Crippen molar-refractivity contribution in [2.45, 2.75) is 6.36 Å². The number of hydrogen-bond donors (Lipinski definition) is 1. The van der Waals surface area contributed by atoms with Gasteiger partial charge in [-0.1, -0.05) is 12.1 Å². The molecule has 0 aliphatic heterocycles. The molecule has 1 aromatic carbocycles. The first-order valence-corrected chi connectivity index (χ1v) is 4.67. The molecule has 0 saturated carbocycles. The van der Waals surface area contributed by atoms with Crippen LogP contribution < -0.4 is 9.47 Å². The molecule has 1 N–H and O–H groups in total. The summed E-state index contributed by atoms with van der Waals surface area (Å²) >= 11 is 0. The summed E-state index contributed by atoms with van der Waals surface area (Å²) in [4.78, 5) is 10.3. The topological polar surface area (TPSA) is 55.8 Å². The van der Waals surface area contributed by atoms with Crippen molar-refractivity contribution in [1.82, 2.24) is 0 Å². The zero-order valence-electron chi connectivity index (χ0n) is 9.19. The predicted octanol–water partition coefficient (Wildman–Crippen LogP) is 2.69. The van der Waals surface area contributed by atoms with Gasteiger partial charge in [0.15, 0.2) is 11.5 Å². The van der Waals surface area contributed by atoms with Gasteiger partial charge >= 0.3 is 12.3 Å². The molecule has 0 aliphatic rings. The molecule has 0 atom stereocenters. The maximum Gasteiger partial charge on any atom is 0.573 e. The molecule has 7 heteroatoms. The van der Waals surface area contributed by atoms with E-state index in [1.807, 2.05) is 0 Å². The molecule has 0 fully saturated rings. The van der Waals surface area contributed by atoms with Crippen LogP contribution in [0.4, 0.5) is 13.2 Å². The number of hydrogen-bond acceptors (Lipinski definition) is 3. The first-order chi connectivity index (χ1) is 8.33. The number of carboxylic acids is 1. The van der Waals surface area contributed by atoms with Crippen molar-refractivity contribution >= 4 is 12.0 Å². The smallest absolute Gasteiger partial charge is 0.493 e. The number of alkyl halides is 3. The molecule has 0 aromatic heterocycles. The molecule has 0 radical (unpaired) electrons. The Bertz CT molecular complexity index is 466. The largest absolute Gasteiger partial charge is 0.573 e. The third kappa shape index (κ3) is 4.00. The zero-order chi connectivity index (χ0) is 13.8. The van der Waals surface area contributed by atoms with Gasteiger partial charge in [0.2, 0.25) is 0 Å². The molecule has 1 rings (SSSR count). The monoisotopic (exact) mass is 262 g/mol. The van der Waals surface area contributed by atoms with E-state index in [1.54, 1.807) is 0 Å². The number of benzene rings is 1. The van der Waals surface area contributed by atoms with Gasteiger partial charge in [-0.25, -0.2) is 4.79 Å². The molecule has 0 heterocycles. The van der Waals surface area contributed by atoms with E-state index in [2.05, 4.69) is 4.74 Å². The highest BCUT2D eigenvalue weighted by molar-refractivity contribution is 5.86. The average molecular weight is 262 g/mol. The highest BCUT2D eigenvalue weighted by Gasteiger charge is 2.33. The first kappa shape index (κ1) is 13.9. The number of rotatable bonds is 4. The van der Waals surface area contributed by atoms with E-state index in [4.69, 9.17) is 9.84 Å². The summed E-state index contributed by atoms with van der Waals surface area (Å²) in [5.74, 6) is -2.00. The van der Waals surface area contributed by atoms with Crippen LogP contribution in [0.5, 0.6) is 11.5 Å². The van der Waals surface area contributed by atoms with E-state index < -0.39 is 18.1 Å². The molecular formula is C11H9F3O4. The first-order valence-electron chi connectivity index (χ1n) is 4.67.